The Morgan fingerprint density at radius 3 is 2.44 bits per heavy atom. The van der Waals surface area contributed by atoms with Gasteiger partial charge in [-0.3, -0.25) is 9.10 Å². The minimum atomic E-state index is -4.08. The van der Waals surface area contributed by atoms with Crippen LogP contribution in [0.25, 0.3) is 0 Å². The van der Waals surface area contributed by atoms with Gasteiger partial charge in [0.25, 0.3) is 15.9 Å². The number of nitrogens with zero attached hydrogens (tertiary/aromatic N) is 2. The molecule has 3 aromatic rings. The molecule has 3 rings (SSSR count). The highest BCUT2D eigenvalue weighted by Crippen LogP contribution is 2.32. The van der Waals surface area contributed by atoms with Gasteiger partial charge >= 0.3 is 0 Å². The Bertz CT molecular complexity index is 1330. The number of hydrogen-bond acceptors (Lipinski definition) is 5. The molecule has 0 spiro atoms. The molecule has 0 atom stereocenters. The lowest BCUT2D eigenvalue weighted by molar-refractivity contribution is -0.119. The van der Waals surface area contributed by atoms with Crippen LogP contribution in [0.5, 0.6) is 5.75 Å². The Morgan fingerprint density at radius 2 is 1.82 bits per heavy atom. The molecular weight excluding hydrogens is 542 g/mol. The molecule has 0 unspecified atom stereocenters. The Balaban J connectivity index is 1.92. The van der Waals surface area contributed by atoms with Gasteiger partial charge in [-0.1, -0.05) is 57.4 Å². The highest BCUT2D eigenvalue weighted by molar-refractivity contribution is 9.10. The number of sulfonamides is 1. The zero-order chi connectivity index (χ0) is 24.9. The van der Waals surface area contributed by atoms with E-state index < -0.39 is 22.5 Å². The largest absolute Gasteiger partial charge is 0.495 e. The van der Waals surface area contributed by atoms with Crippen LogP contribution in [0, 0.1) is 6.92 Å². The fraction of sp³-hybridized carbons (Fsp3) is 0.167. The first-order valence-electron chi connectivity index (χ1n) is 10.1. The van der Waals surface area contributed by atoms with Crippen molar-refractivity contribution in [1.82, 2.24) is 5.43 Å². The van der Waals surface area contributed by atoms with Crippen LogP contribution < -0.4 is 14.5 Å². The summed E-state index contributed by atoms with van der Waals surface area (Å²) in [6.45, 7) is 3.09. The second-order valence-electron chi connectivity index (χ2n) is 7.39. The van der Waals surface area contributed by atoms with E-state index in [4.69, 9.17) is 16.3 Å². The maximum atomic E-state index is 13.5. The van der Waals surface area contributed by atoms with Gasteiger partial charge < -0.3 is 4.74 Å². The minimum absolute atomic E-state index is 0.0478. The van der Waals surface area contributed by atoms with Crippen LogP contribution in [0.2, 0.25) is 5.02 Å². The van der Waals surface area contributed by atoms with Crippen molar-refractivity contribution in [2.45, 2.75) is 18.7 Å². The Kier molecular flexibility index (Phi) is 8.35. The third-order valence-electron chi connectivity index (χ3n) is 4.91. The lowest BCUT2D eigenvalue weighted by atomic mass is 10.1. The molecule has 1 amide bonds. The lowest BCUT2D eigenvalue weighted by Gasteiger charge is -2.24. The summed E-state index contributed by atoms with van der Waals surface area (Å²) in [6.07, 6.45) is 0. The number of hydrazone groups is 1. The van der Waals surface area contributed by atoms with Crippen molar-refractivity contribution in [2.75, 3.05) is 18.0 Å². The standard InChI is InChI=1S/C24H23BrClN3O4S/c1-16-7-10-21(11-8-16)34(31,32)29(20-9-12-23(33-3)22(26)14-20)15-24(30)28-27-17(2)18-5-4-6-19(25)13-18/h4-14H,15H2,1-3H3,(H,28,30)/b27-17-. The smallest absolute Gasteiger partial charge is 0.264 e. The number of hydrogen-bond donors (Lipinski definition) is 1. The summed E-state index contributed by atoms with van der Waals surface area (Å²) < 4.78 is 34.0. The van der Waals surface area contributed by atoms with Crippen molar-refractivity contribution >= 4 is 54.9 Å². The SMILES string of the molecule is COc1ccc(N(CC(=O)N/N=C(/C)c2cccc(Br)c2)S(=O)(=O)c2ccc(C)cc2)cc1Cl. The first-order chi connectivity index (χ1) is 16.1. The molecule has 1 N–H and O–H groups in total. The summed E-state index contributed by atoms with van der Waals surface area (Å²) in [5, 5.41) is 4.34. The molecule has 0 heterocycles. The van der Waals surface area contributed by atoms with Crippen LogP contribution in [0.15, 0.2) is 81.2 Å². The van der Waals surface area contributed by atoms with Gasteiger partial charge in [-0.2, -0.15) is 5.10 Å². The first-order valence-corrected chi connectivity index (χ1v) is 12.7. The molecule has 0 radical (unpaired) electrons. The average Bonchev–Trinajstić information content (AvgIpc) is 2.81. The second-order valence-corrected chi connectivity index (χ2v) is 10.6. The van der Waals surface area contributed by atoms with E-state index in [0.29, 0.717) is 11.5 Å². The zero-order valence-corrected chi connectivity index (χ0v) is 21.9. The number of methoxy groups -OCH3 is 1. The van der Waals surface area contributed by atoms with E-state index in [2.05, 4.69) is 26.5 Å². The normalized spacial score (nSPS) is 11.7. The fourth-order valence-corrected chi connectivity index (χ4v) is 5.12. The fourth-order valence-electron chi connectivity index (χ4n) is 3.05. The molecule has 0 fully saturated rings. The molecule has 178 valence electrons. The second kappa shape index (κ2) is 11.0. The van der Waals surface area contributed by atoms with Crippen LogP contribution >= 0.6 is 27.5 Å². The monoisotopic (exact) mass is 563 g/mol. The van der Waals surface area contributed by atoms with Gasteiger partial charge in [0, 0.05) is 4.47 Å². The Morgan fingerprint density at radius 1 is 1.12 bits per heavy atom. The molecule has 0 saturated heterocycles. The van der Waals surface area contributed by atoms with Crippen LogP contribution in [0.3, 0.4) is 0 Å². The number of benzene rings is 3. The van der Waals surface area contributed by atoms with Crippen molar-refractivity contribution in [3.63, 3.8) is 0 Å². The first kappa shape index (κ1) is 25.7. The number of nitrogens with one attached hydrogen (secondary N) is 1. The van der Waals surface area contributed by atoms with Gasteiger partial charge in [-0.15, -0.1) is 0 Å². The van der Waals surface area contributed by atoms with E-state index >= 15 is 0 Å². The number of aryl methyl sites for hydroxylation is 1. The number of amides is 1. The van der Waals surface area contributed by atoms with Crippen LogP contribution in [0.1, 0.15) is 18.1 Å². The summed E-state index contributed by atoms with van der Waals surface area (Å²) in [6, 6.07) is 18.3. The van der Waals surface area contributed by atoms with Gasteiger partial charge in [-0.05, 0) is 61.9 Å². The number of ether oxygens (including phenoxy) is 1. The molecule has 0 aliphatic rings. The maximum Gasteiger partial charge on any atom is 0.264 e. The molecule has 7 nitrogen and oxygen atoms in total. The number of anilines is 1. The number of carbonyl (C=O) groups excluding carboxylic acids is 1. The van der Waals surface area contributed by atoms with Crippen molar-refractivity contribution in [1.29, 1.82) is 0 Å². The molecular formula is C24H23BrClN3O4S. The summed E-state index contributed by atoms with van der Waals surface area (Å²) in [5.74, 6) is -0.228. The molecule has 0 aliphatic heterocycles. The van der Waals surface area contributed by atoms with E-state index in [9.17, 15) is 13.2 Å². The number of rotatable bonds is 8. The van der Waals surface area contributed by atoms with Crippen molar-refractivity contribution in [2.24, 2.45) is 5.10 Å². The van der Waals surface area contributed by atoms with Gasteiger partial charge in [0.1, 0.15) is 12.3 Å². The van der Waals surface area contributed by atoms with Crippen LogP contribution in [-0.4, -0.2) is 33.7 Å². The van der Waals surface area contributed by atoms with E-state index in [0.717, 1.165) is 19.9 Å². The summed E-state index contributed by atoms with van der Waals surface area (Å²) in [5.41, 5.74) is 4.94. The highest BCUT2D eigenvalue weighted by Gasteiger charge is 2.28. The number of carbonyl (C=O) groups is 1. The van der Waals surface area contributed by atoms with Crippen molar-refractivity contribution in [3.05, 3.63) is 87.4 Å². The van der Waals surface area contributed by atoms with Crippen LogP contribution in [-0.2, 0) is 14.8 Å². The predicted octanol–water partition coefficient (Wildman–Crippen LogP) is 5.16. The molecule has 0 aliphatic carbocycles. The van der Waals surface area contributed by atoms with Gasteiger partial charge in [0.15, 0.2) is 0 Å². The molecule has 10 heteroatoms. The quantitative estimate of drug-likeness (QED) is 0.303. The summed E-state index contributed by atoms with van der Waals surface area (Å²) in [4.78, 5) is 12.8. The minimum Gasteiger partial charge on any atom is -0.495 e. The van der Waals surface area contributed by atoms with E-state index in [1.54, 1.807) is 25.1 Å². The highest BCUT2D eigenvalue weighted by atomic mass is 79.9. The van der Waals surface area contributed by atoms with Gasteiger partial charge in [-0.25, -0.2) is 13.8 Å². The lowest BCUT2D eigenvalue weighted by Crippen LogP contribution is -2.39. The Hall–Kier alpha value is -2.88. The van der Waals surface area contributed by atoms with E-state index in [1.165, 1.54) is 31.4 Å². The molecule has 0 saturated carbocycles. The molecule has 34 heavy (non-hydrogen) atoms. The maximum absolute atomic E-state index is 13.5. The predicted molar refractivity (Wildman–Crippen MR) is 138 cm³/mol. The van der Waals surface area contributed by atoms with Crippen molar-refractivity contribution in [3.8, 4) is 5.75 Å². The third kappa shape index (κ3) is 6.16. The summed E-state index contributed by atoms with van der Waals surface area (Å²) >= 11 is 9.64. The van der Waals surface area contributed by atoms with Crippen molar-refractivity contribution < 1.29 is 17.9 Å². The zero-order valence-electron chi connectivity index (χ0n) is 18.7. The topological polar surface area (TPSA) is 88.1 Å². The average molecular weight is 565 g/mol. The summed E-state index contributed by atoms with van der Waals surface area (Å²) in [7, 11) is -2.62. The number of halogens is 2. The van der Waals surface area contributed by atoms with Crippen LogP contribution in [0.4, 0.5) is 5.69 Å². The third-order valence-corrected chi connectivity index (χ3v) is 7.49. The van der Waals surface area contributed by atoms with Gasteiger partial charge in [0.2, 0.25) is 0 Å². The van der Waals surface area contributed by atoms with E-state index in [-0.39, 0.29) is 15.6 Å². The van der Waals surface area contributed by atoms with Gasteiger partial charge in [0.05, 0.1) is 28.4 Å². The molecule has 3 aromatic carbocycles. The van der Waals surface area contributed by atoms with E-state index in [1.807, 2.05) is 31.2 Å². The molecule has 0 aromatic heterocycles. The molecule has 0 bridgehead atoms. The Labute approximate surface area is 212 Å².